The van der Waals surface area contributed by atoms with Gasteiger partial charge in [-0.25, -0.2) is 9.37 Å². The molecule has 0 saturated heterocycles. The van der Waals surface area contributed by atoms with Crippen LogP contribution in [0.1, 0.15) is 41.8 Å². The Hall–Kier alpha value is -2.30. The number of halogens is 1. The lowest BCUT2D eigenvalue weighted by Gasteiger charge is -2.27. The summed E-state index contributed by atoms with van der Waals surface area (Å²) in [5, 5.41) is 3.05. The molecule has 122 valence electrons. The minimum atomic E-state index is -0.149. The minimum Gasteiger partial charge on any atom is -0.398 e. The predicted molar refractivity (Wildman–Crippen MR) is 91.6 cm³/mol. The van der Waals surface area contributed by atoms with Gasteiger partial charge in [-0.2, -0.15) is 0 Å². The van der Waals surface area contributed by atoms with E-state index in [1.807, 2.05) is 20.3 Å². The van der Waals surface area contributed by atoms with Crippen molar-refractivity contribution in [1.82, 2.24) is 14.9 Å². The van der Waals surface area contributed by atoms with Gasteiger partial charge in [0.05, 0.1) is 12.0 Å². The molecule has 23 heavy (non-hydrogen) atoms. The number of benzene rings is 1. The average Bonchev–Trinajstić information content (AvgIpc) is 2.98. The Kier molecular flexibility index (Phi) is 4.11. The van der Waals surface area contributed by atoms with Crippen LogP contribution in [0.3, 0.4) is 0 Å². The number of nitrogen functional groups attached to an aromatic ring is 1. The van der Waals surface area contributed by atoms with Crippen LogP contribution >= 0.6 is 0 Å². The highest BCUT2D eigenvalue weighted by Crippen LogP contribution is 2.36. The molecule has 1 unspecified atom stereocenters. The van der Waals surface area contributed by atoms with Crippen molar-refractivity contribution >= 4 is 11.4 Å². The van der Waals surface area contributed by atoms with Crippen molar-refractivity contribution in [2.45, 2.75) is 38.6 Å². The predicted octanol–water partition coefficient (Wildman–Crippen LogP) is 3.09. The summed E-state index contributed by atoms with van der Waals surface area (Å²) >= 11 is 0. The monoisotopic (exact) mass is 314 g/mol. The Morgan fingerprint density at radius 1 is 1.52 bits per heavy atom. The molecule has 1 aromatic carbocycles. The van der Waals surface area contributed by atoms with Crippen molar-refractivity contribution in [2.24, 2.45) is 0 Å². The Labute approximate surface area is 136 Å². The van der Waals surface area contributed by atoms with Gasteiger partial charge in [0.15, 0.2) is 0 Å². The van der Waals surface area contributed by atoms with Crippen LogP contribution in [0, 0.1) is 5.82 Å². The Bertz CT molecular complexity index is 748. The van der Waals surface area contributed by atoms with Crippen LogP contribution in [0.4, 0.5) is 10.1 Å². The van der Waals surface area contributed by atoms with Crippen LogP contribution in [0.15, 0.2) is 25.0 Å². The third-order valence-corrected chi connectivity index (χ3v) is 4.78. The van der Waals surface area contributed by atoms with E-state index in [0.29, 0.717) is 5.69 Å². The van der Waals surface area contributed by atoms with Crippen molar-refractivity contribution in [3.8, 4) is 0 Å². The molecule has 1 aliphatic rings. The molecule has 3 rings (SSSR count). The van der Waals surface area contributed by atoms with Crippen LogP contribution in [-0.2, 0) is 19.4 Å². The fourth-order valence-corrected chi connectivity index (χ4v) is 3.56. The molecule has 0 amide bonds. The first-order valence-electron chi connectivity index (χ1n) is 8.04. The van der Waals surface area contributed by atoms with E-state index < -0.39 is 0 Å². The number of nitrogens with zero attached hydrogens (tertiary/aromatic N) is 2. The van der Waals surface area contributed by atoms with Gasteiger partial charge in [0.1, 0.15) is 11.5 Å². The molecule has 1 atom stereocenters. The maximum Gasteiger partial charge on any atom is 0.127 e. The van der Waals surface area contributed by atoms with Gasteiger partial charge >= 0.3 is 0 Å². The Morgan fingerprint density at radius 2 is 2.30 bits per heavy atom. The summed E-state index contributed by atoms with van der Waals surface area (Å²) < 4.78 is 16.6. The van der Waals surface area contributed by atoms with E-state index in [1.54, 1.807) is 6.07 Å². The highest BCUT2D eigenvalue weighted by atomic mass is 19.1. The smallest absolute Gasteiger partial charge is 0.127 e. The first-order valence-corrected chi connectivity index (χ1v) is 8.04. The normalized spacial score (nSPS) is 16.9. The SMILES string of the molecule is C=C(NC)c1ncn2c1CCC(c1c(F)ccc(N)c1CC)C2. The number of imidazole rings is 1. The van der Waals surface area contributed by atoms with Crippen molar-refractivity contribution in [2.75, 3.05) is 12.8 Å². The third kappa shape index (κ3) is 2.60. The van der Waals surface area contributed by atoms with Crippen LogP contribution in [0.5, 0.6) is 0 Å². The van der Waals surface area contributed by atoms with E-state index in [4.69, 9.17) is 5.73 Å². The molecule has 0 aliphatic carbocycles. The number of hydrogen-bond acceptors (Lipinski definition) is 3. The second-order valence-electron chi connectivity index (χ2n) is 6.04. The summed E-state index contributed by atoms with van der Waals surface area (Å²) in [5.41, 5.74) is 11.4. The fraction of sp³-hybridized carbons (Fsp3) is 0.389. The summed E-state index contributed by atoms with van der Waals surface area (Å²) in [6.07, 6.45) is 4.32. The second kappa shape index (κ2) is 6.07. The molecule has 5 heteroatoms. The highest BCUT2D eigenvalue weighted by molar-refractivity contribution is 5.60. The van der Waals surface area contributed by atoms with E-state index in [2.05, 4.69) is 21.4 Å². The number of rotatable bonds is 4. The van der Waals surface area contributed by atoms with Gasteiger partial charge in [-0.1, -0.05) is 13.5 Å². The molecule has 0 radical (unpaired) electrons. The van der Waals surface area contributed by atoms with Gasteiger partial charge in [0.25, 0.3) is 0 Å². The van der Waals surface area contributed by atoms with Crippen LogP contribution < -0.4 is 11.1 Å². The lowest BCUT2D eigenvalue weighted by Crippen LogP contribution is -2.21. The lowest BCUT2D eigenvalue weighted by atomic mass is 9.85. The summed E-state index contributed by atoms with van der Waals surface area (Å²) in [4.78, 5) is 4.46. The first-order chi connectivity index (χ1) is 11.1. The lowest BCUT2D eigenvalue weighted by molar-refractivity contribution is 0.443. The van der Waals surface area contributed by atoms with E-state index in [1.165, 1.54) is 11.8 Å². The zero-order valence-electron chi connectivity index (χ0n) is 13.7. The van der Waals surface area contributed by atoms with Crippen molar-refractivity contribution in [3.63, 3.8) is 0 Å². The topological polar surface area (TPSA) is 55.9 Å². The molecule has 1 aliphatic heterocycles. The Balaban J connectivity index is 1.96. The van der Waals surface area contributed by atoms with Gasteiger partial charge in [-0.15, -0.1) is 0 Å². The third-order valence-electron chi connectivity index (χ3n) is 4.78. The molecule has 0 spiro atoms. The van der Waals surface area contributed by atoms with Crippen molar-refractivity contribution in [3.05, 3.63) is 53.4 Å². The largest absolute Gasteiger partial charge is 0.398 e. The summed E-state index contributed by atoms with van der Waals surface area (Å²) in [7, 11) is 1.84. The molecule has 2 heterocycles. The van der Waals surface area contributed by atoms with Gasteiger partial charge in [-0.3, -0.25) is 0 Å². The van der Waals surface area contributed by atoms with Crippen molar-refractivity contribution < 1.29 is 4.39 Å². The van der Waals surface area contributed by atoms with E-state index in [-0.39, 0.29) is 11.7 Å². The van der Waals surface area contributed by atoms with E-state index in [0.717, 1.165) is 48.3 Å². The van der Waals surface area contributed by atoms with Gasteiger partial charge in [0.2, 0.25) is 0 Å². The second-order valence-corrected chi connectivity index (χ2v) is 6.04. The zero-order valence-corrected chi connectivity index (χ0v) is 13.7. The van der Waals surface area contributed by atoms with Gasteiger partial charge < -0.3 is 15.6 Å². The molecule has 3 N–H and O–H groups in total. The molecule has 0 saturated carbocycles. The first kappa shape index (κ1) is 15.6. The summed E-state index contributed by atoms with van der Waals surface area (Å²) in [6.45, 7) is 6.74. The minimum absolute atomic E-state index is 0.130. The number of aromatic nitrogens is 2. The van der Waals surface area contributed by atoms with E-state index >= 15 is 0 Å². The van der Waals surface area contributed by atoms with Crippen LogP contribution in [-0.4, -0.2) is 16.6 Å². The number of fused-ring (bicyclic) bond motifs is 1. The quantitative estimate of drug-likeness (QED) is 0.853. The maximum atomic E-state index is 14.5. The Morgan fingerprint density at radius 3 is 3.00 bits per heavy atom. The number of nitrogens with two attached hydrogens (primary N) is 1. The molecule has 1 aromatic heterocycles. The molecule has 4 nitrogen and oxygen atoms in total. The number of hydrogen-bond donors (Lipinski definition) is 2. The maximum absolute atomic E-state index is 14.5. The summed E-state index contributed by atoms with van der Waals surface area (Å²) in [6, 6.07) is 3.15. The molecule has 0 fully saturated rings. The highest BCUT2D eigenvalue weighted by Gasteiger charge is 2.27. The van der Waals surface area contributed by atoms with E-state index in [9.17, 15) is 4.39 Å². The van der Waals surface area contributed by atoms with Gasteiger partial charge in [-0.05, 0) is 42.5 Å². The fourth-order valence-electron chi connectivity index (χ4n) is 3.56. The van der Waals surface area contributed by atoms with Crippen LogP contribution in [0.25, 0.3) is 5.70 Å². The number of anilines is 1. The van der Waals surface area contributed by atoms with Gasteiger partial charge in [0, 0.05) is 30.9 Å². The van der Waals surface area contributed by atoms with Crippen LogP contribution in [0.2, 0.25) is 0 Å². The van der Waals surface area contributed by atoms with Crippen molar-refractivity contribution in [1.29, 1.82) is 0 Å². The molecule has 0 bridgehead atoms. The number of nitrogens with one attached hydrogen (secondary N) is 1. The average molecular weight is 314 g/mol. The molecular weight excluding hydrogens is 291 g/mol. The molecule has 2 aromatic rings. The summed E-state index contributed by atoms with van der Waals surface area (Å²) in [5.74, 6) is -0.0182. The zero-order chi connectivity index (χ0) is 16.6. The molecular formula is C18H23FN4. The standard InChI is InChI=1S/C18H23FN4/c1-4-13-15(20)7-6-14(19)17(13)12-5-8-16-18(11(2)21-3)22-10-23(16)9-12/h6-7,10,12,21H,2,4-5,8-9,20H2,1,3H3.